The van der Waals surface area contributed by atoms with E-state index in [0.29, 0.717) is 25.4 Å². The highest BCUT2D eigenvalue weighted by molar-refractivity contribution is 7.09. The summed E-state index contributed by atoms with van der Waals surface area (Å²) in [5.74, 6) is 0.872. The predicted molar refractivity (Wildman–Crippen MR) is 117 cm³/mol. The topological polar surface area (TPSA) is 80.5 Å². The number of rotatable bonds is 6. The van der Waals surface area contributed by atoms with E-state index in [1.54, 1.807) is 11.3 Å². The van der Waals surface area contributed by atoms with Crippen molar-refractivity contribution >= 4 is 29.1 Å². The Balaban J connectivity index is 1.28. The van der Waals surface area contributed by atoms with Crippen LogP contribution in [0.2, 0.25) is 0 Å². The van der Waals surface area contributed by atoms with Crippen LogP contribution in [0.3, 0.4) is 0 Å². The smallest absolute Gasteiger partial charge is 0.321 e. The van der Waals surface area contributed by atoms with Crippen LogP contribution >= 0.6 is 11.3 Å². The number of amides is 2. The predicted octanol–water partition coefficient (Wildman–Crippen LogP) is 4.77. The third kappa shape index (κ3) is 5.27. The van der Waals surface area contributed by atoms with Crippen molar-refractivity contribution in [2.24, 2.45) is 0 Å². The summed E-state index contributed by atoms with van der Waals surface area (Å²) in [5, 5.41) is 6.38. The van der Waals surface area contributed by atoms with E-state index in [2.05, 4.69) is 33.7 Å². The average molecular weight is 425 g/mol. The van der Waals surface area contributed by atoms with Gasteiger partial charge in [-0.3, -0.25) is 0 Å². The standard InChI is InChI=1S/C22H24N4O3S/c1-16-21(30-15-23-16)7-10-28-20-4-2-3-18(12-20)11-17-5-8-26(9-6-17)22(27)25-19-13-24-29-14-19/h2-4,11-15H,5-10H2,1H3,(H,25,27). The molecule has 30 heavy (non-hydrogen) atoms. The van der Waals surface area contributed by atoms with Crippen LogP contribution in [-0.2, 0) is 6.42 Å². The number of carbonyl (C=O) groups excluding carboxylic acids is 1. The summed E-state index contributed by atoms with van der Waals surface area (Å²) < 4.78 is 10.7. The zero-order chi connectivity index (χ0) is 20.8. The third-order valence-electron chi connectivity index (χ3n) is 5.05. The highest BCUT2D eigenvalue weighted by atomic mass is 32.1. The second-order valence-electron chi connectivity index (χ2n) is 7.16. The first-order chi connectivity index (χ1) is 14.7. The van der Waals surface area contributed by atoms with Crippen molar-refractivity contribution in [3.63, 3.8) is 0 Å². The Labute approximate surface area is 179 Å². The van der Waals surface area contributed by atoms with Crippen molar-refractivity contribution in [1.82, 2.24) is 15.0 Å². The molecular weight excluding hydrogens is 400 g/mol. The fraction of sp³-hybridized carbons (Fsp3) is 0.318. The van der Waals surface area contributed by atoms with Crippen LogP contribution in [0.1, 0.15) is 29.0 Å². The van der Waals surface area contributed by atoms with E-state index >= 15 is 0 Å². The normalized spacial score (nSPS) is 13.9. The molecule has 8 heteroatoms. The van der Waals surface area contributed by atoms with Gasteiger partial charge in [-0.05, 0) is 37.5 Å². The summed E-state index contributed by atoms with van der Waals surface area (Å²) in [6, 6.07) is 8.03. The Morgan fingerprint density at radius 3 is 2.97 bits per heavy atom. The highest BCUT2D eigenvalue weighted by Crippen LogP contribution is 2.23. The molecule has 1 aliphatic rings. The fourth-order valence-corrected chi connectivity index (χ4v) is 4.13. The van der Waals surface area contributed by atoms with Crippen molar-refractivity contribution in [2.75, 3.05) is 25.0 Å². The molecule has 2 aromatic heterocycles. The van der Waals surface area contributed by atoms with Gasteiger partial charge in [0.2, 0.25) is 0 Å². The highest BCUT2D eigenvalue weighted by Gasteiger charge is 2.19. The number of thiazole rings is 1. The van der Waals surface area contributed by atoms with E-state index < -0.39 is 0 Å². The number of aromatic nitrogens is 2. The lowest BCUT2D eigenvalue weighted by Crippen LogP contribution is -2.39. The first-order valence-corrected chi connectivity index (χ1v) is 10.8. The molecule has 0 bridgehead atoms. The largest absolute Gasteiger partial charge is 0.493 e. The van der Waals surface area contributed by atoms with Crippen molar-refractivity contribution in [2.45, 2.75) is 26.2 Å². The summed E-state index contributed by atoms with van der Waals surface area (Å²) in [6.45, 7) is 4.04. The summed E-state index contributed by atoms with van der Waals surface area (Å²) in [6.07, 6.45) is 7.69. The summed E-state index contributed by atoms with van der Waals surface area (Å²) in [5.41, 5.74) is 5.99. The second kappa shape index (κ2) is 9.58. The van der Waals surface area contributed by atoms with Gasteiger partial charge in [0, 0.05) is 24.4 Å². The molecule has 156 valence electrons. The van der Waals surface area contributed by atoms with E-state index in [-0.39, 0.29) is 6.03 Å². The molecular formula is C22H24N4O3S. The van der Waals surface area contributed by atoms with Crippen molar-refractivity contribution in [3.05, 3.63) is 63.9 Å². The second-order valence-corrected chi connectivity index (χ2v) is 8.10. The molecule has 1 fully saturated rings. The SMILES string of the molecule is Cc1ncsc1CCOc1cccc(C=C2CCN(C(=O)Nc3cnoc3)CC2)c1. The van der Waals surface area contributed by atoms with E-state index in [1.807, 2.05) is 29.5 Å². The summed E-state index contributed by atoms with van der Waals surface area (Å²) in [7, 11) is 0. The van der Waals surface area contributed by atoms with Crippen molar-refractivity contribution in [3.8, 4) is 5.75 Å². The zero-order valence-corrected chi connectivity index (χ0v) is 17.7. The number of hydrogen-bond acceptors (Lipinski definition) is 6. The molecule has 1 N–H and O–H groups in total. The van der Waals surface area contributed by atoms with E-state index in [1.165, 1.54) is 22.9 Å². The molecule has 0 radical (unpaired) electrons. The lowest BCUT2D eigenvalue weighted by atomic mass is 10.0. The maximum Gasteiger partial charge on any atom is 0.321 e. The Kier molecular flexibility index (Phi) is 6.44. The minimum atomic E-state index is -0.121. The number of aryl methyl sites for hydroxylation is 1. The maximum atomic E-state index is 12.3. The van der Waals surface area contributed by atoms with Gasteiger partial charge in [0.1, 0.15) is 17.7 Å². The molecule has 0 saturated carbocycles. The van der Waals surface area contributed by atoms with Crippen molar-refractivity contribution in [1.29, 1.82) is 0 Å². The zero-order valence-electron chi connectivity index (χ0n) is 16.8. The van der Waals surface area contributed by atoms with Gasteiger partial charge in [-0.2, -0.15) is 0 Å². The number of nitrogens with zero attached hydrogens (tertiary/aromatic N) is 3. The van der Waals surface area contributed by atoms with Crippen LogP contribution < -0.4 is 10.1 Å². The number of anilines is 1. The summed E-state index contributed by atoms with van der Waals surface area (Å²) in [4.78, 5) is 19.6. The molecule has 0 unspecified atom stereocenters. The average Bonchev–Trinajstić information content (AvgIpc) is 3.41. The Morgan fingerprint density at radius 2 is 2.23 bits per heavy atom. The quantitative estimate of drug-likeness (QED) is 0.616. The van der Waals surface area contributed by atoms with Crippen LogP contribution in [0.15, 0.2) is 52.3 Å². The van der Waals surface area contributed by atoms with Crippen LogP contribution in [0.25, 0.3) is 6.08 Å². The Morgan fingerprint density at radius 1 is 1.37 bits per heavy atom. The van der Waals surface area contributed by atoms with Gasteiger partial charge in [0.25, 0.3) is 0 Å². The van der Waals surface area contributed by atoms with E-state index in [0.717, 1.165) is 36.3 Å². The molecule has 3 heterocycles. The van der Waals surface area contributed by atoms with Crippen LogP contribution in [0.5, 0.6) is 5.75 Å². The van der Waals surface area contributed by atoms with Gasteiger partial charge in [-0.15, -0.1) is 11.3 Å². The van der Waals surface area contributed by atoms with E-state index in [4.69, 9.17) is 9.26 Å². The van der Waals surface area contributed by atoms with Gasteiger partial charge in [0.05, 0.1) is 24.0 Å². The molecule has 7 nitrogen and oxygen atoms in total. The number of ether oxygens (including phenoxy) is 1. The molecule has 3 aromatic rings. The Hall–Kier alpha value is -3.13. The number of likely N-dealkylation sites (tertiary alicyclic amines) is 1. The molecule has 0 aliphatic carbocycles. The van der Waals surface area contributed by atoms with Gasteiger partial charge in [-0.25, -0.2) is 9.78 Å². The van der Waals surface area contributed by atoms with Gasteiger partial charge in [-0.1, -0.05) is 28.9 Å². The van der Waals surface area contributed by atoms with Gasteiger partial charge < -0.3 is 19.5 Å². The molecule has 2 amide bonds. The van der Waals surface area contributed by atoms with Gasteiger partial charge in [0.15, 0.2) is 0 Å². The number of piperidine rings is 1. The van der Waals surface area contributed by atoms with Crippen LogP contribution in [0.4, 0.5) is 10.5 Å². The minimum absolute atomic E-state index is 0.121. The minimum Gasteiger partial charge on any atom is -0.493 e. The number of hydrogen-bond donors (Lipinski definition) is 1. The first-order valence-electron chi connectivity index (χ1n) is 9.94. The van der Waals surface area contributed by atoms with Crippen molar-refractivity contribution < 1.29 is 14.1 Å². The number of benzene rings is 1. The number of carbonyl (C=O) groups is 1. The third-order valence-corrected chi connectivity index (χ3v) is 6.04. The van der Waals surface area contributed by atoms with Gasteiger partial charge >= 0.3 is 6.03 Å². The monoisotopic (exact) mass is 424 g/mol. The molecule has 1 aliphatic heterocycles. The lowest BCUT2D eigenvalue weighted by Gasteiger charge is -2.28. The molecule has 1 saturated heterocycles. The molecule has 0 atom stereocenters. The van der Waals surface area contributed by atoms with Crippen LogP contribution in [-0.4, -0.2) is 40.8 Å². The number of nitrogens with one attached hydrogen (secondary N) is 1. The van der Waals surface area contributed by atoms with Crippen LogP contribution in [0, 0.1) is 6.92 Å². The molecule has 1 aromatic carbocycles. The molecule has 0 spiro atoms. The fourth-order valence-electron chi connectivity index (χ4n) is 3.37. The Bertz CT molecular complexity index is 1000. The lowest BCUT2D eigenvalue weighted by molar-refractivity contribution is 0.208. The van der Waals surface area contributed by atoms with E-state index in [9.17, 15) is 4.79 Å². The molecule has 4 rings (SSSR count). The summed E-state index contributed by atoms with van der Waals surface area (Å²) >= 11 is 1.67. The number of urea groups is 1. The maximum absolute atomic E-state index is 12.3. The first kappa shape index (κ1) is 20.2.